The molecule has 0 fully saturated rings. The Morgan fingerprint density at radius 2 is 1.00 bits per heavy atom. The molecular weight excluding hydrogens is 223 g/mol. The van der Waals surface area contributed by atoms with Crippen LogP contribution in [0.1, 0.15) is 41.5 Å². The molecule has 0 aromatic carbocycles. The van der Waals surface area contributed by atoms with Gasteiger partial charge in [0.25, 0.3) is 0 Å². The Morgan fingerprint density at radius 1 is 0.750 bits per heavy atom. The van der Waals surface area contributed by atoms with Crippen LogP contribution in [-0.4, -0.2) is 53.1 Å². The average Bonchev–Trinajstić information content (AvgIpc) is 1.73. The van der Waals surface area contributed by atoms with Gasteiger partial charge >= 0.3 is 12.3 Å². The van der Waals surface area contributed by atoms with E-state index in [2.05, 4.69) is 4.74 Å². The van der Waals surface area contributed by atoms with Gasteiger partial charge in [-0.2, -0.15) is 0 Å². The summed E-state index contributed by atoms with van der Waals surface area (Å²) in [5.41, 5.74) is -1.39. The Hall–Kier alpha value is -0.260. The molecule has 0 aliphatic rings. The third-order valence-corrected chi connectivity index (χ3v) is 0.946. The van der Waals surface area contributed by atoms with E-state index in [0.29, 0.717) is 0 Å². The fourth-order valence-electron chi connectivity index (χ4n) is 0.610. The summed E-state index contributed by atoms with van der Waals surface area (Å²) in [6.45, 7) is 10.0. The van der Waals surface area contributed by atoms with Crippen LogP contribution in [0.15, 0.2) is 0 Å². The van der Waals surface area contributed by atoms with Crippen molar-refractivity contribution in [2.45, 2.75) is 52.7 Å². The zero-order valence-electron chi connectivity index (χ0n) is 11.0. The second-order valence-electron chi connectivity index (χ2n) is 5.03. The third-order valence-electron chi connectivity index (χ3n) is 0.946. The van der Waals surface area contributed by atoms with E-state index in [1.165, 1.54) is 0 Å². The van der Waals surface area contributed by atoms with Gasteiger partial charge in [-0.15, -0.1) is 0 Å². The van der Waals surface area contributed by atoms with Gasteiger partial charge in [0, 0.05) is 29.6 Å². The van der Waals surface area contributed by atoms with Crippen molar-refractivity contribution >= 4 is 41.9 Å². The number of hydrogen-bond donors (Lipinski definition) is 0. The minimum Gasteiger partial charge on any atom is -0.428 e. The topological polar surface area (TPSA) is 61.8 Å². The van der Waals surface area contributed by atoms with Crippen molar-refractivity contribution in [2.75, 3.05) is 0 Å². The summed E-state index contributed by atoms with van der Waals surface area (Å²) in [4.78, 5) is 22.0. The predicted octanol–water partition coefficient (Wildman–Crippen LogP) is 2.49. The van der Waals surface area contributed by atoms with E-state index in [-0.39, 0.29) is 29.6 Å². The number of rotatable bonds is 0. The first kappa shape index (κ1) is 18.1. The van der Waals surface area contributed by atoms with Crippen molar-refractivity contribution in [1.29, 1.82) is 0 Å². The number of hydrogen-bond acceptors (Lipinski definition) is 5. The third kappa shape index (κ3) is 11.8. The van der Waals surface area contributed by atoms with Crippen LogP contribution in [0.25, 0.3) is 0 Å². The Balaban J connectivity index is 0. The first-order chi connectivity index (χ1) is 6.49. The van der Waals surface area contributed by atoms with Crippen molar-refractivity contribution in [3.8, 4) is 0 Å². The van der Waals surface area contributed by atoms with Gasteiger partial charge < -0.3 is 14.2 Å². The summed E-state index contributed by atoms with van der Waals surface area (Å²) in [7, 11) is 0. The minimum absolute atomic E-state index is 0. The molecule has 6 heteroatoms. The van der Waals surface area contributed by atoms with Gasteiger partial charge in [-0.05, 0) is 41.5 Å². The summed E-state index contributed by atoms with van der Waals surface area (Å²) in [6, 6.07) is 0. The van der Waals surface area contributed by atoms with E-state index < -0.39 is 23.5 Å². The average molecular weight is 241 g/mol. The van der Waals surface area contributed by atoms with Gasteiger partial charge in [-0.25, -0.2) is 9.59 Å². The molecule has 0 spiro atoms. The summed E-state index contributed by atoms with van der Waals surface area (Å²) in [5, 5.41) is 0. The van der Waals surface area contributed by atoms with Gasteiger partial charge in [0.2, 0.25) is 0 Å². The number of ether oxygens (including phenoxy) is 3. The Labute approximate surface area is 118 Å². The molecule has 0 heterocycles. The van der Waals surface area contributed by atoms with Crippen LogP contribution in [0, 0.1) is 0 Å². The SMILES string of the molecule is CC(C)(C)OC(=O)OC(=O)OC(C)(C)C.[Na]. The van der Waals surface area contributed by atoms with Crippen LogP contribution >= 0.6 is 0 Å². The zero-order chi connectivity index (χ0) is 12.3. The fraction of sp³-hybridized carbons (Fsp3) is 0.800. The molecule has 0 rings (SSSR count). The standard InChI is InChI=1S/C10H18O5.Na/c1-9(2,3)14-7(11)13-8(12)15-10(4,5)6;/h1-6H3;. The zero-order valence-corrected chi connectivity index (χ0v) is 13.0. The first-order valence-electron chi connectivity index (χ1n) is 4.63. The monoisotopic (exact) mass is 241 g/mol. The van der Waals surface area contributed by atoms with Crippen molar-refractivity contribution in [1.82, 2.24) is 0 Å². The van der Waals surface area contributed by atoms with Crippen LogP contribution in [0.2, 0.25) is 0 Å². The van der Waals surface area contributed by atoms with Gasteiger partial charge in [0.05, 0.1) is 0 Å². The maximum Gasteiger partial charge on any atom is 0.519 e. The summed E-state index contributed by atoms with van der Waals surface area (Å²) in [6.07, 6.45) is -2.12. The maximum atomic E-state index is 11.0. The van der Waals surface area contributed by atoms with Crippen LogP contribution < -0.4 is 0 Å². The van der Waals surface area contributed by atoms with E-state index in [4.69, 9.17) is 9.47 Å². The summed E-state index contributed by atoms with van der Waals surface area (Å²) < 4.78 is 13.8. The van der Waals surface area contributed by atoms with E-state index >= 15 is 0 Å². The Bertz CT molecular complexity index is 223. The summed E-state index contributed by atoms with van der Waals surface area (Å²) >= 11 is 0. The Morgan fingerprint density at radius 3 is 1.19 bits per heavy atom. The second kappa shape index (κ2) is 6.47. The van der Waals surface area contributed by atoms with Crippen molar-refractivity contribution in [3.63, 3.8) is 0 Å². The van der Waals surface area contributed by atoms with Gasteiger partial charge in [0.1, 0.15) is 11.2 Å². The molecule has 0 aromatic heterocycles. The number of carbonyl (C=O) groups is 2. The molecule has 16 heavy (non-hydrogen) atoms. The van der Waals surface area contributed by atoms with Gasteiger partial charge in [-0.3, -0.25) is 0 Å². The molecule has 0 amide bonds. The molecule has 0 unspecified atom stereocenters. The predicted molar refractivity (Wildman–Crippen MR) is 59.3 cm³/mol. The molecule has 0 aliphatic heterocycles. The molecule has 0 N–H and O–H groups in total. The molecule has 1 radical (unpaired) electrons. The van der Waals surface area contributed by atoms with Gasteiger partial charge in [0.15, 0.2) is 0 Å². The molecule has 0 aliphatic carbocycles. The summed E-state index contributed by atoms with van der Waals surface area (Å²) in [5.74, 6) is 0. The van der Waals surface area contributed by atoms with Crippen LogP contribution in [-0.2, 0) is 14.2 Å². The molecule has 5 nitrogen and oxygen atoms in total. The Kier molecular flexibility index (Phi) is 7.32. The molecule has 0 atom stereocenters. The largest absolute Gasteiger partial charge is 0.519 e. The maximum absolute atomic E-state index is 11.0. The van der Waals surface area contributed by atoms with Gasteiger partial charge in [-0.1, -0.05) is 0 Å². The van der Waals surface area contributed by atoms with E-state index in [9.17, 15) is 9.59 Å². The smallest absolute Gasteiger partial charge is 0.428 e. The van der Waals surface area contributed by atoms with Crippen molar-refractivity contribution in [2.24, 2.45) is 0 Å². The quantitative estimate of drug-likeness (QED) is 0.370. The normalized spacial score (nSPS) is 11.1. The molecule has 89 valence electrons. The molecular formula is C10H18NaO5. The molecule has 0 aromatic rings. The van der Waals surface area contributed by atoms with E-state index in [1.807, 2.05) is 0 Å². The van der Waals surface area contributed by atoms with E-state index in [0.717, 1.165) is 0 Å². The van der Waals surface area contributed by atoms with Crippen molar-refractivity contribution in [3.05, 3.63) is 0 Å². The van der Waals surface area contributed by atoms with E-state index in [1.54, 1.807) is 41.5 Å². The fourth-order valence-corrected chi connectivity index (χ4v) is 0.610. The van der Waals surface area contributed by atoms with Crippen LogP contribution in [0.3, 0.4) is 0 Å². The molecule has 0 saturated heterocycles. The second-order valence-corrected chi connectivity index (χ2v) is 5.03. The number of carbonyl (C=O) groups excluding carboxylic acids is 2. The molecule has 0 saturated carbocycles. The minimum atomic E-state index is -1.06. The van der Waals surface area contributed by atoms with Crippen LogP contribution in [0.5, 0.6) is 0 Å². The van der Waals surface area contributed by atoms with Crippen LogP contribution in [0.4, 0.5) is 9.59 Å². The first-order valence-corrected chi connectivity index (χ1v) is 4.63. The molecule has 0 bridgehead atoms. The van der Waals surface area contributed by atoms with Crippen molar-refractivity contribution < 1.29 is 23.8 Å².